The number of hydrogen-bond acceptors (Lipinski definition) is 4. The fourth-order valence-corrected chi connectivity index (χ4v) is 5.42. The molecule has 12 heteroatoms. The maximum atomic E-state index is 13.3. The SMILES string of the molecule is FC(F)(F)c1cccc2c(Cl)cc(SSc3cc(Cl)c4cccc(C(F)(F)F)c4n3)nc12.[2HH]. The molecule has 4 rings (SSSR count). The Kier molecular flexibility index (Phi) is 6.17. The second-order valence-corrected chi connectivity index (χ2v) is 9.43. The lowest BCUT2D eigenvalue weighted by Crippen LogP contribution is -2.07. The summed E-state index contributed by atoms with van der Waals surface area (Å²) < 4.78 is 80.1. The maximum Gasteiger partial charge on any atom is 0.418 e. The predicted molar refractivity (Wildman–Crippen MR) is 117 cm³/mol. The van der Waals surface area contributed by atoms with Gasteiger partial charge in [-0.1, -0.05) is 47.5 Å². The van der Waals surface area contributed by atoms with Crippen LogP contribution in [-0.2, 0) is 12.4 Å². The second-order valence-electron chi connectivity index (χ2n) is 6.45. The summed E-state index contributed by atoms with van der Waals surface area (Å²) >= 11 is 12.3. The van der Waals surface area contributed by atoms with Crippen molar-refractivity contribution < 1.29 is 27.8 Å². The third kappa shape index (κ3) is 4.59. The molecule has 0 unspecified atom stereocenters. The summed E-state index contributed by atoms with van der Waals surface area (Å²) in [5, 5.41) is 0.661. The van der Waals surface area contributed by atoms with Crippen LogP contribution in [-0.4, -0.2) is 9.97 Å². The third-order valence-corrected chi connectivity index (χ3v) is 7.10. The minimum absolute atomic E-state index is 0. The summed E-state index contributed by atoms with van der Waals surface area (Å²) in [6, 6.07) is 9.87. The van der Waals surface area contributed by atoms with E-state index in [1.165, 1.54) is 36.4 Å². The van der Waals surface area contributed by atoms with Gasteiger partial charge in [-0.25, -0.2) is 9.97 Å². The molecule has 0 saturated carbocycles. The van der Waals surface area contributed by atoms with Gasteiger partial charge < -0.3 is 0 Å². The number of nitrogens with zero attached hydrogens (tertiary/aromatic N) is 2. The Morgan fingerprint density at radius 2 is 1.03 bits per heavy atom. The monoisotopic (exact) mass is 527 g/mol. The van der Waals surface area contributed by atoms with Crippen LogP contribution < -0.4 is 0 Å². The van der Waals surface area contributed by atoms with Crippen LogP contribution in [0.25, 0.3) is 21.8 Å². The Hall–Kier alpha value is -1.88. The van der Waals surface area contributed by atoms with Gasteiger partial charge in [-0.15, -0.1) is 0 Å². The van der Waals surface area contributed by atoms with Crippen LogP contribution in [0.3, 0.4) is 0 Å². The Morgan fingerprint density at radius 1 is 0.656 bits per heavy atom. The standard InChI is InChI=1S/C20H8Cl2F6N2S2.H2/c21-13-7-15(29-17-9(13)3-1-5-11(17)19(23,24)25)31-32-16-8-14(22)10-4-2-6-12(18(10)30-16)20(26,27)28;/h1-8H;1H/i;1+1. The summed E-state index contributed by atoms with van der Waals surface area (Å²) in [5.41, 5.74) is -2.52. The molecular formula is C20H10Cl2F6N2S2. The van der Waals surface area contributed by atoms with E-state index in [1.807, 2.05) is 0 Å². The fourth-order valence-electron chi connectivity index (χ4n) is 3.00. The van der Waals surface area contributed by atoms with Crippen molar-refractivity contribution in [2.24, 2.45) is 0 Å². The van der Waals surface area contributed by atoms with Gasteiger partial charge in [0.25, 0.3) is 0 Å². The zero-order valence-corrected chi connectivity index (χ0v) is 18.5. The van der Waals surface area contributed by atoms with E-state index in [1.54, 1.807) is 0 Å². The summed E-state index contributed by atoms with van der Waals surface area (Å²) in [4.78, 5) is 8.11. The van der Waals surface area contributed by atoms with Gasteiger partial charge in [-0.05, 0) is 45.9 Å². The molecule has 0 bridgehead atoms. The van der Waals surface area contributed by atoms with Crippen LogP contribution in [0.1, 0.15) is 12.6 Å². The number of pyridine rings is 2. The van der Waals surface area contributed by atoms with Crippen molar-refractivity contribution in [3.05, 3.63) is 69.7 Å². The van der Waals surface area contributed by atoms with Crippen molar-refractivity contribution in [3.8, 4) is 0 Å². The summed E-state index contributed by atoms with van der Waals surface area (Å²) in [6.45, 7) is 0. The molecule has 0 saturated heterocycles. The molecule has 0 N–H and O–H groups in total. The van der Waals surface area contributed by atoms with Crippen LogP contribution in [0.15, 0.2) is 58.6 Å². The third-order valence-electron chi connectivity index (χ3n) is 4.35. The van der Waals surface area contributed by atoms with E-state index in [0.29, 0.717) is 0 Å². The van der Waals surface area contributed by atoms with Crippen LogP contribution in [0, 0.1) is 0 Å². The molecule has 0 amide bonds. The fraction of sp³-hybridized carbons (Fsp3) is 0.100. The minimum Gasteiger partial charge on any atom is -0.240 e. The number of halogens is 8. The summed E-state index contributed by atoms with van der Waals surface area (Å²) in [7, 11) is 1.81. The molecule has 0 radical (unpaired) electrons. The van der Waals surface area contributed by atoms with Crippen molar-refractivity contribution in [2.75, 3.05) is 0 Å². The number of para-hydroxylation sites is 2. The van der Waals surface area contributed by atoms with E-state index in [0.717, 1.165) is 33.7 Å². The van der Waals surface area contributed by atoms with Gasteiger partial charge in [0.05, 0.1) is 32.2 Å². The maximum absolute atomic E-state index is 13.3. The van der Waals surface area contributed by atoms with Gasteiger partial charge in [-0.2, -0.15) is 26.3 Å². The predicted octanol–water partition coefficient (Wildman–Crippen LogP) is 9.17. The molecule has 2 aromatic carbocycles. The van der Waals surface area contributed by atoms with Gasteiger partial charge in [0, 0.05) is 12.2 Å². The zero-order valence-electron chi connectivity index (χ0n) is 15.4. The highest BCUT2D eigenvalue weighted by molar-refractivity contribution is 8.76. The molecule has 4 aromatic rings. The largest absolute Gasteiger partial charge is 0.418 e. The van der Waals surface area contributed by atoms with Gasteiger partial charge in [0.2, 0.25) is 0 Å². The van der Waals surface area contributed by atoms with Crippen LogP contribution in [0.2, 0.25) is 10.0 Å². The second kappa shape index (κ2) is 8.48. The van der Waals surface area contributed by atoms with Gasteiger partial charge in [-0.3, -0.25) is 0 Å². The van der Waals surface area contributed by atoms with Crippen LogP contribution >= 0.6 is 44.8 Å². The minimum atomic E-state index is -4.63. The Balaban J connectivity index is 0.00000306. The highest BCUT2D eigenvalue weighted by atomic mass is 35.5. The number of aromatic nitrogens is 2. The molecule has 0 atom stereocenters. The van der Waals surface area contributed by atoms with Crippen molar-refractivity contribution in [1.82, 2.24) is 9.97 Å². The number of benzene rings is 2. The molecule has 2 nitrogen and oxygen atoms in total. The van der Waals surface area contributed by atoms with E-state index in [2.05, 4.69) is 9.97 Å². The molecule has 0 aliphatic carbocycles. The van der Waals surface area contributed by atoms with Crippen molar-refractivity contribution >= 4 is 66.6 Å². The average Bonchev–Trinajstić information content (AvgIpc) is 2.70. The van der Waals surface area contributed by atoms with E-state index >= 15 is 0 Å². The molecule has 0 aliphatic heterocycles. The average molecular weight is 528 g/mol. The molecule has 2 aromatic heterocycles. The molecule has 2 heterocycles. The highest BCUT2D eigenvalue weighted by Crippen LogP contribution is 2.43. The van der Waals surface area contributed by atoms with Crippen molar-refractivity contribution in [3.63, 3.8) is 0 Å². The molecule has 0 aliphatic rings. The van der Waals surface area contributed by atoms with Crippen molar-refractivity contribution in [1.29, 1.82) is 0 Å². The van der Waals surface area contributed by atoms with Crippen LogP contribution in [0.4, 0.5) is 26.3 Å². The topological polar surface area (TPSA) is 25.8 Å². The zero-order chi connectivity index (χ0) is 23.3. The first-order valence-corrected chi connectivity index (χ1v) is 11.5. The lowest BCUT2D eigenvalue weighted by Gasteiger charge is -2.12. The molecule has 0 fully saturated rings. The highest BCUT2D eigenvalue weighted by Gasteiger charge is 2.34. The summed E-state index contributed by atoms with van der Waals surface area (Å²) in [5.74, 6) is 0. The van der Waals surface area contributed by atoms with E-state index < -0.39 is 23.5 Å². The lowest BCUT2D eigenvalue weighted by molar-refractivity contribution is -0.137. The molecular weight excluding hydrogens is 517 g/mol. The Labute approximate surface area is 196 Å². The Morgan fingerprint density at radius 3 is 1.38 bits per heavy atom. The van der Waals surface area contributed by atoms with E-state index in [4.69, 9.17) is 23.2 Å². The number of alkyl halides is 6. The van der Waals surface area contributed by atoms with E-state index in [9.17, 15) is 26.3 Å². The van der Waals surface area contributed by atoms with Gasteiger partial charge in [0.1, 0.15) is 10.1 Å². The number of rotatable bonds is 3. The molecule has 0 spiro atoms. The molecule has 168 valence electrons. The van der Waals surface area contributed by atoms with Gasteiger partial charge in [0.15, 0.2) is 0 Å². The smallest absolute Gasteiger partial charge is 0.240 e. The number of fused-ring (bicyclic) bond motifs is 2. The normalized spacial score (nSPS) is 12.6. The number of hydrogen-bond donors (Lipinski definition) is 0. The quantitative estimate of drug-likeness (QED) is 0.196. The summed E-state index contributed by atoms with van der Waals surface area (Å²) in [6.07, 6.45) is -9.26. The first kappa shape index (κ1) is 23.3. The van der Waals surface area contributed by atoms with Crippen molar-refractivity contribution in [2.45, 2.75) is 22.4 Å². The Bertz CT molecular complexity index is 1250. The first-order valence-electron chi connectivity index (χ1n) is 8.62. The van der Waals surface area contributed by atoms with Crippen LogP contribution in [0.5, 0.6) is 0 Å². The van der Waals surface area contributed by atoms with E-state index in [-0.39, 0.29) is 43.3 Å². The first-order chi connectivity index (χ1) is 14.9. The van der Waals surface area contributed by atoms with Gasteiger partial charge >= 0.3 is 12.4 Å². The molecule has 32 heavy (non-hydrogen) atoms. The lowest BCUT2D eigenvalue weighted by atomic mass is 10.1.